The topological polar surface area (TPSA) is 80.6 Å². The van der Waals surface area contributed by atoms with Gasteiger partial charge >= 0.3 is 0 Å². The number of unbranched alkanes of at least 4 members (excludes halogenated alkanes) is 2. The van der Waals surface area contributed by atoms with Gasteiger partial charge in [0.15, 0.2) is 0 Å². The number of nitrogens with one attached hydrogen (secondary N) is 1. The predicted molar refractivity (Wildman–Crippen MR) is 127 cm³/mol. The number of aromatic nitrogens is 4. The maximum atomic E-state index is 13.0. The van der Waals surface area contributed by atoms with E-state index < -0.39 is 9.84 Å². The van der Waals surface area contributed by atoms with E-state index in [-0.39, 0.29) is 10.9 Å². The molecule has 0 radical (unpaired) electrons. The molecule has 0 unspecified atom stereocenters. The summed E-state index contributed by atoms with van der Waals surface area (Å²) in [7, 11) is -3.52. The standard InChI is InChI=1S/C25H28N4O2S/c1-19-18-20(2)29(28-19)16-10-5-11-17-32(30,31)25-26-23(21-12-6-3-7-13-21)24(27-25)22-14-8-4-9-15-22/h3-4,6-9,12-15,18H,5,10-11,16-17H2,1-2H3,(H,26,27). The van der Waals surface area contributed by atoms with Crippen molar-refractivity contribution in [3.05, 3.63) is 78.1 Å². The Hall–Kier alpha value is -3.19. The zero-order chi connectivity index (χ0) is 22.6. The van der Waals surface area contributed by atoms with Gasteiger partial charge < -0.3 is 4.98 Å². The molecule has 7 heteroatoms. The average Bonchev–Trinajstić information content (AvgIpc) is 3.38. The van der Waals surface area contributed by atoms with Gasteiger partial charge in [0, 0.05) is 23.4 Å². The number of nitrogens with zero attached hydrogens (tertiary/aromatic N) is 3. The number of aryl methyl sites for hydroxylation is 3. The number of rotatable bonds is 9. The van der Waals surface area contributed by atoms with Crippen LogP contribution in [0.4, 0.5) is 0 Å². The molecule has 0 saturated carbocycles. The Morgan fingerprint density at radius 2 is 1.53 bits per heavy atom. The molecule has 2 heterocycles. The van der Waals surface area contributed by atoms with Gasteiger partial charge in [-0.15, -0.1) is 0 Å². The zero-order valence-electron chi connectivity index (χ0n) is 18.5. The van der Waals surface area contributed by atoms with E-state index in [1.165, 1.54) is 0 Å². The highest BCUT2D eigenvalue weighted by Gasteiger charge is 2.23. The monoisotopic (exact) mass is 448 g/mol. The predicted octanol–water partition coefficient (Wildman–Crippen LogP) is 5.20. The first kappa shape index (κ1) is 22.0. The van der Waals surface area contributed by atoms with Crippen LogP contribution in [-0.4, -0.2) is 33.9 Å². The second-order valence-corrected chi connectivity index (χ2v) is 10.1. The van der Waals surface area contributed by atoms with Crippen LogP contribution in [0, 0.1) is 13.8 Å². The molecule has 32 heavy (non-hydrogen) atoms. The van der Waals surface area contributed by atoms with Crippen molar-refractivity contribution in [3.8, 4) is 22.5 Å². The van der Waals surface area contributed by atoms with Gasteiger partial charge in [-0.2, -0.15) is 5.10 Å². The Kier molecular flexibility index (Phi) is 6.55. The van der Waals surface area contributed by atoms with Crippen molar-refractivity contribution >= 4 is 9.84 Å². The van der Waals surface area contributed by atoms with E-state index in [2.05, 4.69) is 21.1 Å². The lowest BCUT2D eigenvalue weighted by Gasteiger charge is -2.05. The Labute approximate surface area is 189 Å². The molecular weight excluding hydrogens is 420 g/mol. The Bertz CT molecular complexity index is 1220. The quantitative estimate of drug-likeness (QED) is 0.357. The lowest BCUT2D eigenvalue weighted by atomic mass is 10.1. The van der Waals surface area contributed by atoms with Crippen LogP contribution in [0.2, 0.25) is 0 Å². The molecule has 0 fully saturated rings. The first-order chi connectivity index (χ1) is 15.4. The number of hydrogen-bond donors (Lipinski definition) is 1. The van der Waals surface area contributed by atoms with Crippen molar-refractivity contribution < 1.29 is 8.42 Å². The molecule has 4 aromatic rings. The van der Waals surface area contributed by atoms with Gasteiger partial charge in [-0.3, -0.25) is 4.68 Å². The summed E-state index contributed by atoms with van der Waals surface area (Å²) in [6.45, 7) is 4.82. The Morgan fingerprint density at radius 1 is 0.875 bits per heavy atom. The van der Waals surface area contributed by atoms with E-state index in [0.717, 1.165) is 47.6 Å². The molecule has 0 aliphatic heterocycles. The highest BCUT2D eigenvalue weighted by atomic mass is 32.2. The minimum Gasteiger partial charge on any atom is -0.328 e. The number of imidazole rings is 1. The molecule has 4 rings (SSSR count). The summed E-state index contributed by atoms with van der Waals surface area (Å²) in [4.78, 5) is 7.63. The highest BCUT2D eigenvalue weighted by molar-refractivity contribution is 7.91. The van der Waals surface area contributed by atoms with Crippen LogP contribution in [0.25, 0.3) is 22.5 Å². The second-order valence-electron chi connectivity index (χ2n) is 8.03. The summed E-state index contributed by atoms with van der Waals surface area (Å²) >= 11 is 0. The molecule has 6 nitrogen and oxygen atoms in total. The van der Waals surface area contributed by atoms with Gasteiger partial charge in [-0.25, -0.2) is 13.4 Å². The third-order valence-electron chi connectivity index (χ3n) is 5.47. The van der Waals surface area contributed by atoms with Gasteiger partial charge in [-0.1, -0.05) is 67.1 Å². The fraction of sp³-hybridized carbons (Fsp3) is 0.280. The molecule has 0 aliphatic rings. The lowest BCUT2D eigenvalue weighted by molar-refractivity contribution is 0.535. The third-order valence-corrected chi connectivity index (χ3v) is 7.08. The molecular formula is C25H28N4O2S. The van der Waals surface area contributed by atoms with Gasteiger partial charge in [0.05, 0.1) is 22.8 Å². The van der Waals surface area contributed by atoms with E-state index in [9.17, 15) is 8.42 Å². The lowest BCUT2D eigenvalue weighted by Crippen LogP contribution is -2.09. The first-order valence-electron chi connectivity index (χ1n) is 10.9. The number of aromatic amines is 1. The summed E-state index contributed by atoms with van der Waals surface area (Å²) in [5.41, 5.74) is 5.30. The van der Waals surface area contributed by atoms with Crippen molar-refractivity contribution in [2.24, 2.45) is 0 Å². The number of benzene rings is 2. The fourth-order valence-corrected chi connectivity index (χ4v) is 5.11. The van der Waals surface area contributed by atoms with Gasteiger partial charge in [-0.05, 0) is 32.8 Å². The van der Waals surface area contributed by atoms with E-state index in [1.54, 1.807) is 0 Å². The normalized spacial score (nSPS) is 11.7. The number of sulfone groups is 1. The molecule has 0 atom stereocenters. The summed E-state index contributed by atoms with van der Waals surface area (Å²) in [5.74, 6) is 0.0695. The summed E-state index contributed by atoms with van der Waals surface area (Å²) < 4.78 is 28.1. The summed E-state index contributed by atoms with van der Waals surface area (Å²) in [5, 5.41) is 4.49. The molecule has 1 N–H and O–H groups in total. The van der Waals surface area contributed by atoms with Crippen LogP contribution in [0.15, 0.2) is 71.9 Å². The summed E-state index contributed by atoms with van der Waals surface area (Å²) in [6.07, 6.45) is 2.29. The molecule has 2 aromatic carbocycles. The molecule has 2 aromatic heterocycles. The van der Waals surface area contributed by atoms with Crippen molar-refractivity contribution in [3.63, 3.8) is 0 Å². The van der Waals surface area contributed by atoms with Crippen LogP contribution in [0.3, 0.4) is 0 Å². The van der Waals surface area contributed by atoms with E-state index >= 15 is 0 Å². The molecule has 166 valence electrons. The summed E-state index contributed by atoms with van der Waals surface area (Å²) in [6, 6.07) is 21.4. The third kappa shape index (κ3) is 4.99. The van der Waals surface area contributed by atoms with E-state index in [1.807, 2.05) is 79.2 Å². The zero-order valence-corrected chi connectivity index (χ0v) is 19.3. The van der Waals surface area contributed by atoms with Crippen molar-refractivity contribution in [2.45, 2.75) is 44.8 Å². The van der Waals surface area contributed by atoms with Gasteiger partial charge in [0.1, 0.15) is 0 Å². The van der Waals surface area contributed by atoms with Crippen LogP contribution in [0.1, 0.15) is 30.7 Å². The maximum absolute atomic E-state index is 13.0. The van der Waals surface area contributed by atoms with E-state index in [0.29, 0.717) is 12.1 Å². The Balaban J connectivity index is 1.48. The largest absolute Gasteiger partial charge is 0.328 e. The highest BCUT2D eigenvalue weighted by Crippen LogP contribution is 2.31. The molecule has 0 aliphatic carbocycles. The van der Waals surface area contributed by atoms with Crippen LogP contribution < -0.4 is 0 Å². The van der Waals surface area contributed by atoms with Crippen LogP contribution >= 0.6 is 0 Å². The Morgan fingerprint density at radius 3 is 2.16 bits per heavy atom. The van der Waals surface area contributed by atoms with Crippen molar-refractivity contribution in [1.29, 1.82) is 0 Å². The minimum atomic E-state index is -3.52. The molecule has 0 saturated heterocycles. The van der Waals surface area contributed by atoms with Gasteiger partial charge in [0.2, 0.25) is 15.0 Å². The van der Waals surface area contributed by atoms with Crippen LogP contribution in [-0.2, 0) is 16.4 Å². The number of H-pyrrole nitrogens is 1. The average molecular weight is 449 g/mol. The first-order valence-corrected chi connectivity index (χ1v) is 12.5. The van der Waals surface area contributed by atoms with E-state index in [4.69, 9.17) is 0 Å². The van der Waals surface area contributed by atoms with Crippen molar-refractivity contribution in [2.75, 3.05) is 5.75 Å². The molecule has 0 bridgehead atoms. The minimum absolute atomic E-state index is 0.0359. The number of hydrogen-bond acceptors (Lipinski definition) is 4. The fourth-order valence-electron chi connectivity index (χ4n) is 3.85. The SMILES string of the molecule is Cc1cc(C)n(CCCCCS(=O)(=O)c2nc(-c3ccccc3)c(-c3ccccc3)[nH]2)n1. The molecule has 0 amide bonds. The van der Waals surface area contributed by atoms with Gasteiger partial charge in [0.25, 0.3) is 0 Å². The smallest absolute Gasteiger partial charge is 0.226 e. The maximum Gasteiger partial charge on any atom is 0.226 e. The van der Waals surface area contributed by atoms with Crippen molar-refractivity contribution in [1.82, 2.24) is 19.7 Å². The second kappa shape index (κ2) is 9.53. The molecule has 0 spiro atoms. The van der Waals surface area contributed by atoms with Crippen LogP contribution in [0.5, 0.6) is 0 Å².